The van der Waals surface area contributed by atoms with Gasteiger partial charge < -0.3 is 9.47 Å². The van der Waals surface area contributed by atoms with Crippen LogP contribution in [0.25, 0.3) is 0 Å². The number of benzene rings is 2. The second-order valence-electron chi connectivity index (χ2n) is 6.68. The van der Waals surface area contributed by atoms with Gasteiger partial charge in [-0.05, 0) is 30.2 Å². The Kier molecular flexibility index (Phi) is 4.73. The lowest BCUT2D eigenvalue weighted by atomic mass is 9.91. The van der Waals surface area contributed by atoms with Crippen molar-refractivity contribution in [3.05, 3.63) is 66.0 Å². The van der Waals surface area contributed by atoms with E-state index >= 15 is 0 Å². The molecule has 1 aromatic heterocycles. The second kappa shape index (κ2) is 7.34. The van der Waals surface area contributed by atoms with Crippen LogP contribution < -0.4 is 14.4 Å². The maximum atomic E-state index is 12.5. The number of fused-ring (bicyclic) bond motifs is 1. The third kappa shape index (κ3) is 2.98. The van der Waals surface area contributed by atoms with Gasteiger partial charge in [0.1, 0.15) is 17.8 Å². The number of amides is 1. The van der Waals surface area contributed by atoms with Gasteiger partial charge in [-0.1, -0.05) is 30.3 Å². The van der Waals surface area contributed by atoms with Crippen LogP contribution in [-0.4, -0.2) is 34.9 Å². The van der Waals surface area contributed by atoms with E-state index in [9.17, 15) is 4.79 Å². The van der Waals surface area contributed by atoms with E-state index in [0.29, 0.717) is 12.4 Å². The van der Waals surface area contributed by atoms with E-state index in [0.717, 1.165) is 22.6 Å². The van der Waals surface area contributed by atoms with E-state index in [1.165, 1.54) is 6.33 Å². The van der Waals surface area contributed by atoms with Gasteiger partial charge in [-0.2, -0.15) is 10.1 Å². The van der Waals surface area contributed by atoms with Gasteiger partial charge in [-0.15, -0.1) is 0 Å². The minimum Gasteiger partial charge on any atom is -0.497 e. The van der Waals surface area contributed by atoms with Crippen molar-refractivity contribution in [2.75, 3.05) is 19.1 Å². The molecule has 1 aliphatic rings. The summed E-state index contributed by atoms with van der Waals surface area (Å²) in [5, 5.41) is 4.41. The Bertz CT molecular complexity index is 983. The van der Waals surface area contributed by atoms with Crippen molar-refractivity contribution in [3.63, 3.8) is 0 Å². The van der Waals surface area contributed by atoms with Crippen LogP contribution in [0.3, 0.4) is 0 Å². The number of hydrogen-bond donors (Lipinski definition) is 0. The molecule has 144 valence electrons. The van der Waals surface area contributed by atoms with Crippen molar-refractivity contribution >= 4 is 11.9 Å². The molecule has 7 heteroatoms. The predicted molar refractivity (Wildman–Crippen MR) is 105 cm³/mol. The standard InChI is InChI=1S/C21H22N4O3/c1-14(26)24-18(15-8-10-16(27-2)11-9-15)12-19(25-21(24)22-13-23-25)17-6-4-5-7-20(17)28-3/h4-11,13,18-19H,12H2,1-3H3/t18-,19-/m1/s1. The second-order valence-corrected chi connectivity index (χ2v) is 6.68. The van der Waals surface area contributed by atoms with E-state index in [1.807, 2.05) is 48.5 Å². The molecule has 0 aliphatic carbocycles. The van der Waals surface area contributed by atoms with Crippen LogP contribution in [0, 0.1) is 0 Å². The summed E-state index contributed by atoms with van der Waals surface area (Å²) in [6.07, 6.45) is 2.15. The van der Waals surface area contributed by atoms with Crippen molar-refractivity contribution in [1.82, 2.24) is 14.8 Å². The van der Waals surface area contributed by atoms with E-state index < -0.39 is 0 Å². The molecule has 28 heavy (non-hydrogen) atoms. The molecule has 0 radical (unpaired) electrons. The highest BCUT2D eigenvalue weighted by Crippen LogP contribution is 2.44. The molecule has 3 aromatic rings. The molecule has 0 saturated carbocycles. The zero-order valence-electron chi connectivity index (χ0n) is 16.1. The average Bonchev–Trinajstić information content (AvgIpc) is 3.22. The zero-order valence-corrected chi connectivity index (χ0v) is 16.1. The van der Waals surface area contributed by atoms with Crippen molar-refractivity contribution in [2.24, 2.45) is 0 Å². The highest BCUT2D eigenvalue weighted by atomic mass is 16.5. The lowest BCUT2D eigenvalue weighted by molar-refractivity contribution is -0.117. The Hall–Kier alpha value is -3.35. The van der Waals surface area contributed by atoms with Crippen LogP contribution in [0.2, 0.25) is 0 Å². The summed E-state index contributed by atoms with van der Waals surface area (Å²) in [4.78, 5) is 18.6. The third-order valence-electron chi connectivity index (χ3n) is 5.16. The summed E-state index contributed by atoms with van der Waals surface area (Å²) in [6, 6.07) is 15.4. The molecular formula is C21H22N4O3. The number of anilines is 1. The number of carbonyl (C=O) groups is 1. The van der Waals surface area contributed by atoms with Crippen molar-refractivity contribution in [2.45, 2.75) is 25.4 Å². The van der Waals surface area contributed by atoms with Gasteiger partial charge in [-0.25, -0.2) is 4.68 Å². The molecule has 0 fully saturated rings. The molecule has 2 aromatic carbocycles. The highest BCUT2D eigenvalue weighted by molar-refractivity contribution is 5.91. The normalized spacial score (nSPS) is 18.5. The predicted octanol–water partition coefficient (Wildman–Crippen LogP) is 3.38. The summed E-state index contributed by atoms with van der Waals surface area (Å²) in [7, 11) is 3.30. The number of rotatable bonds is 4. The lowest BCUT2D eigenvalue weighted by Crippen LogP contribution is -2.41. The number of aromatic nitrogens is 3. The van der Waals surface area contributed by atoms with Gasteiger partial charge in [0.2, 0.25) is 11.9 Å². The Morgan fingerprint density at radius 1 is 1.04 bits per heavy atom. The number of hydrogen-bond acceptors (Lipinski definition) is 5. The molecule has 0 spiro atoms. The first-order valence-corrected chi connectivity index (χ1v) is 9.10. The maximum absolute atomic E-state index is 12.5. The fraction of sp³-hybridized carbons (Fsp3) is 0.286. The number of methoxy groups -OCH3 is 2. The van der Waals surface area contributed by atoms with Crippen LogP contribution in [0.4, 0.5) is 5.95 Å². The van der Waals surface area contributed by atoms with Crippen LogP contribution in [0.5, 0.6) is 11.5 Å². The quantitative estimate of drug-likeness (QED) is 0.696. The molecular weight excluding hydrogens is 356 g/mol. The van der Waals surface area contributed by atoms with E-state index in [-0.39, 0.29) is 18.0 Å². The van der Waals surface area contributed by atoms with Crippen LogP contribution >= 0.6 is 0 Å². The van der Waals surface area contributed by atoms with Crippen LogP contribution in [0.15, 0.2) is 54.9 Å². The largest absolute Gasteiger partial charge is 0.497 e. The fourth-order valence-corrected chi connectivity index (χ4v) is 3.86. The van der Waals surface area contributed by atoms with Gasteiger partial charge in [0.05, 0.1) is 26.3 Å². The molecule has 7 nitrogen and oxygen atoms in total. The van der Waals surface area contributed by atoms with Gasteiger partial charge in [0.15, 0.2) is 0 Å². The first kappa shape index (κ1) is 18.0. The SMILES string of the molecule is COc1ccc([C@H]2C[C@H](c3ccccc3OC)n3ncnc3N2C(C)=O)cc1. The summed E-state index contributed by atoms with van der Waals surface area (Å²) < 4.78 is 12.7. The number of carbonyl (C=O) groups excluding carboxylic acids is 1. The van der Waals surface area contributed by atoms with Gasteiger partial charge in [-0.3, -0.25) is 9.69 Å². The molecule has 4 rings (SSSR count). The molecule has 0 bridgehead atoms. The Morgan fingerprint density at radius 2 is 1.79 bits per heavy atom. The number of nitrogens with zero attached hydrogens (tertiary/aromatic N) is 4. The fourth-order valence-electron chi connectivity index (χ4n) is 3.86. The molecule has 0 unspecified atom stereocenters. The maximum Gasteiger partial charge on any atom is 0.231 e. The van der Waals surface area contributed by atoms with Crippen LogP contribution in [0.1, 0.15) is 36.6 Å². The van der Waals surface area contributed by atoms with E-state index in [4.69, 9.17) is 9.47 Å². The van der Waals surface area contributed by atoms with Gasteiger partial charge in [0, 0.05) is 12.5 Å². The van der Waals surface area contributed by atoms with Gasteiger partial charge >= 0.3 is 0 Å². The molecule has 0 N–H and O–H groups in total. The summed E-state index contributed by atoms with van der Waals surface area (Å²) in [5.74, 6) is 2.03. The molecule has 1 aliphatic heterocycles. The zero-order chi connectivity index (χ0) is 19.7. The van der Waals surface area contributed by atoms with Crippen molar-refractivity contribution in [3.8, 4) is 11.5 Å². The summed E-state index contributed by atoms with van der Waals surface area (Å²) >= 11 is 0. The summed E-state index contributed by atoms with van der Waals surface area (Å²) in [6.45, 7) is 1.55. The minimum atomic E-state index is -0.171. The number of para-hydroxylation sites is 1. The number of ether oxygens (including phenoxy) is 2. The molecule has 2 atom stereocenters. The first-order valence-electron chi connectivity index (χ1n) is 9.10. The van der Waals surface area contributed by atoms with Crippen molar-refractivity contribution < 1.29 is 14.3 Å². The van der Waals surface area contributed by atoms with Gasteiger partial charge in [0.25, 0.3) is 0 Å². The highest BCUT2D eigenvalue weighted by Gasteiger charge is 2.38. The monoisotopic (exact) mass is 378 g/mol. The minimum absolute atomic E-state index is 0.0754. The third-order valence-corrected chi connectivity index (χ3v) is 5.16. The Morgan fingerprint density at radius 3 is 2.46 bits per heavy atom. The van der Waals surface area contributed by atoms with E-state index in [1.54, 1.807) is 30.7 Å². The lowest BCUT2D eigenvalue weighted by Gasteiger charge is -2.38. The average molecular weight is 378 g/mol. The Labute approximate surface area is 163 Å². The first-order chi connectivity index (χ1) is 13.6. The smallest absolute Gasteiger partial charge is 0.231 e. The topological polar surface area (TPSA) is 69.5 Å². The molecule has 2 heterocycles. The molecule has 1 amide bonds. The summed E-state index contributed by atoms with van der Waals surface area (Å²) in [5.41, 5.74) is 2.03. The van der Waals surface area contributed by atoms with Crippen LogP contribution in [-0.2, 0) is 4.79 Å². The van der Waals surface area contributed by atoms with E-state index in [2.05, 4.69) is 10.1 Å². The molecule has 0 saturated heterocycles. The van der Waals surface area contributed by atoms with Crippen molar-refractivity contribution in [1.29, 1.82) is 0 Å². The Balaban J connectivity index is 1.83.